The Hall–Kier alpha value is -0.790. The van der Waals surface area contributed by atoms with Crippen molar-refractivity contribution >= 4 is 5.97 Å². The van der Waals surface area contributed by atoms with Gasteiger partial charge in [0.15, 0.2) is 0 Å². The molecule has 0 N–H and O–H groups in total. The fourth-order valence-corrected chi connectivity index (χ4v) is 1.21. The summed E-state index contributed by atoms with van der Waals surface area (Å²) < 4.78 is 5.08. The van der Waals surface area contributed by atoms with Gasteiger partial charge in [0.1, 0.15) is 5.76 Å². The normalized spacial score (nSPS) is 9.33. The van der Waals surface area contributed by atoms with Crippen molar-refractivity contribution in [3.05, 3.63) is 11.3 Å². The highest BCUT2D eigenvalue weighted by Crippen LogP contribution is 2.16. The number of ether oxygens (including phenoxy) is 1. The van der Waals surface area contributed by atoms with Gasteiger partial charge in [0.05, 0.1) is 0 Å². The van der Waals surface area contributed by atoms with Gasteiger partial charge in [0.2, 0.25) is 0 Å². The van der Waals surface area contributed by atoms with Gasteiger partial charge in [-0.05, 0) is 18.4 Å². The van der Waals surface area contributed by atoms with E-state index in [1.807, 2.05) is 6.92 Å². The number of esters is 1. The Kier molecular flexibility index (Phi) is 5.43. The van der Waals surface area contributed by atoms with E-state index >= 15 is 0 Å². The van der Waals surface area contributed by atoms with E-state index in [2.05, 4.69) is 13.8 Å². The van der Waals surface area contributed by atoms with Crippen LogP contribution in [0.4, 0.5) is 0 Å². The van der Waals surface area contributed by atoms with Gasteiger partial charge in [-0.3, -0.25) is 4.79 Å². The first kappa shape index (κ1) is 11.2. The van der Waals surface area contributed by atoms with Gasteiger partial charge in [0, 0.05) is 13.3 Å². The van der Waals surface area contributed by atoms with E-state index in [-0.39, 0.29) is 5.97 Å². The van der Waals surface area contributed by atoms with Crippen LogP contribution in [0.25, 0.3) is 0 Å². The summed E-state index contributed by atoms with van der Waals surface area (Å²) in [5, 5.41) is 0. The van der Waals surface area contributed by atoms with Crippen LogP contribution in [0.3, 0.4) is 0 Å². The largest absolute Gasteiger partial charge is 0.431 e. The summed E-state index contributed by atoms with van der Waals surface area (Å²) in [6, 6.07) is 0. The van der Waals surface area contributed by atoms with Crippen LogP contribution in [0.5, 0.6) is 0 Å². The lowest BCUT2D eigenvalue weighted by Crippen LogP contribution is -2.01. The molecule has 0 saturated carbocycles. The molecule has 0 saturated heterocycles. The van der Waals surface area contributed by atoms with E-state index < -0.39 is 0 Å². The van der Waals surface area contributed by atoms with E-state index in [0.29, 0.717) is 0 Å². The van der Waals surface area contributed by atoms with Crippen molar-refractivity contribution in [1.82, 2.24) is 0 Å². The maximum atomic E-state index is 10.7. The first-order valence-electron chi connectivity index (χ1n) is 4.54. The number of hydrogen-bond acceptors (Lipinski definition) is 2. The Bertz CT molecular complexity index is 174. The third-order valence-electron chi connectivity index (χ3n) is 1.84. The molecule has 0 atom stereocenters. The zero-order valence-corrected chi connectivity index (χ0v) is 8.44. The molecule has 2 heteroatoms. The fraction of sp³-hybridized carbons (Fsp3) is 0.700. The number of allylic oxidation sites excluding steroid dienone is 2. The molecule has 0 rings (SSSR count). The van der Waals surface area contributed by atoms with Crippen LogP contribution in [0, 0.1) is 0 Å². The predicted octanol–water partition coefficient (Wildman–Crippen LogP) is 3.03. The first-order chi connectivity index (χ1) is 5.65. The number of rotatable bonds is 4. The van der Waals surface area contributed by atoms with Crippen LogP contribution in [-0.2, 0) is 9.53 Å². The molecule has 70 valence electrons. The summed E-state index contributed by atoms with van der Waals surface area (Å²) >= 11 is 0. The lowest BCUT2D eigenvalue weighted by Gasteiger charge is -2.09. The van der Waals surface area contributed by atoms with Crippen LogP contribution in [0.2, 0.25) is 0 Å². The number of carbonyl (C=O) groups is 1. The molecule has 0 aromatic carbocycles. The van der Waals surface area contributed by atoms with Crippen LogP contribution in [-0.4, -0.2) is 5.97 Å². The van der Waals surface area contributed by atoms with Crippen molar-refractivity contribution in [2.45, 2.75) is 47.0 Å². The molecule has 12 heavy (non-hydrogen) atoms. The minimum atomic E-state index is -0.216. The van der Waals surface area contributed by atoms with Crippen molar-refractivity contribution < 1.29 is 9.53 Å². The molecule has 0 amide bonds. The van der Waals surface area contributed by atoms with E-state index in [1.165, 1.54) is 12.5 Å². The smallest absolute Gasteiger partial charge is 0.307 e. The molecule has 0 aromatic rings. The number of hydrogen-bond donors (Lipinski definition) is 0. The Morgan fingerprint density at radius 1 is 1.08 bits per heavy atom. The van der Waals surface area contributed by atoms with E-state index in [9.17, 15) is 4.79 Å². The molecule has 0 fully saturated rings. The molecule has 0 aliphatic rings. The summed E-state index contributed by atoms with van der Waals surface area (Å²) in [7, 11) is 0. The van der Waals surface area contributed by atoms with E-state index in [0.717, 1.165) is 25.0 Å². The highest BCUT2D eigenvalue weighted by atomic mass is 16.5. The third kappa shape index (κ3) is 3.56. The fourth-order valence-electron chi connectivity index (χ4n) is 1.21. The van der Waals surface area contributed by atoms with Crippen molar-refractivity contribution in [2.75, 3.05) is 0 Å². The van der Waals surface area contributed by atoms with Crippen molar-refractivity contribution in [3.8, 4) is 0 Å². The molecule has 0 radical (unpaired) electrons. The molecule has 0 aromatic heterocycles. The topological polar surface area (TPSA) is 26.3 Å². The van der Waals surface area contributed by atoms with Gasteiger partial charge < -0.3 is 4.74 Å². The van der Waals surface area contributed by atoms with Gasteiger partial charge in [-0.2, -0.15) is 0 Å². The summed E-state index contributed by atoms with van der Waals surface area (Å²) in [5.41, 5.74) is 1.24. The highest BCUT2D eigenvalue weighted by Gasteiger charge is 2.04. The Labute approximate surface area is 74.6 Å². The Morgan fingerprint density at radius 2 is 1.58 bits per heavy atom. The van der Waals surface area contributed by atoms with Crippen molar-refractivity contribution in [3.63, 3.8) is 0 Å². The highest BCUT2D eigenvalue weighted by molar-refractivity contribution is 5.67. The summed E-state index contributed by atoms with van der Waals surface area (Å²) in [4.78, 5) is 10.7. The summed E-state index contributed by atoms with van der Waals surface area (Å²) in [5.74, 6) is 0.638. The lowest BCUT2D eigenvalue weighted by atomic mass is 10.1. The zero-order chi connectivity index (χ0) is 9.56. The Morgan fingerprint density at radius 3 is 1.83 bits per heavy atom. The molecule has 0 spiro atoms. The molecule has 0 bridgehead atoms. The average molecular weight is 170 g/mol. The van der Waals surface area contributed by atoms with Gasteiger partial charge in [-0.1, -0.05) is 20.8 Å². The van der Waals surface area contributed by atoms with Gasteiger partial charge >= 0.3 is 5.97 Å². The molecule has 0 heterocycles. The van der Waals surface area contributed by atoms with Crippen LogP contribution in [0.15, 0.2) is 11.3 Å². The van der Waals surface area contributed by atoms with Crippen molar-refractivity contribution in [1.29, 1.82) is 0 Å². The van der Waals surface area contributed by atoms with Gasteiger partial charge in [0.25, 0.3) is 0 Å². The second-order valence-corrected chi connectivity index (χ2v) is 2.68. The van der Waals surface area contributed by atoms with Gasteiger partial charge in [-0.25, -0.2) is 0 Å². The maximum absolute atomic E-state index is 10.7. The van der Waals surface area contributed by atoms with Gasteiger partial charge in [-0.15, -0.1) is 0 Å². The summed E-state index contributed by atoms with van der Waals surface area (Å²) in [6.07, 6.45) is 2.73. The first-order valence-corrected chi connectivity index (χ1v) is 4.54. The molecular formula is C10H18O2. The number of carbonyl (C=O) groups excluding carboxylic acids is 1. The standard InChI is InChI=1S/C10H18O2/c1-5-9(6-2)10(7-3)12-8(4)11/h5-7H2,1-4H3. The minimum absolute atomic E-state index is 0.216. The summed E-state index contributed by atoms with van der Waals surface area (Å²) in [6.45, 7) is 7.61. The average Bonchev–Trinajstić information content (AvgIpc) is 2.04. The van der Waals surface area contributed by atoms with Crippen molar-refractivity contribution in [2.24, 2.45) is 0 Å². The second kappa shape index (κ2) is 5.81. The minimum Gasteiger partial charge on any atom is -0.431 e. The lowest BCUT2D eigenvalue weighted by molar-refractivity contribution is -0.137. The second-order valence-electron chi connectivity index (χ2n) is 2.68. The molecule has 0 unspecified atom stereocenters. The van der Waals surface area contributed by atoms with E-state index in [4.69, 9.17) is 4.74 Å². The molecular weight excluding hydrogens is 152 g/mol. The molecule has 2 nitrogen and oxygen atoms in total. The maximum Gasteiger partial charge on any atom is 0.307 e. The zero-order valence-electron chi connectivity index (χ0n) is 8.44. The SMILES string of the molecule is CCC(CC)=C(CC)OC(C)=O. The predicted molar refractivity (Wildman–Crippen MR) is 49.7 cm³/mol. The van der Waals surface area contributed by atoms with Crippen LogP contribution >= 0.6 is 0 Å². The third-order valence-corrected chi connectivity index (χ3v) is 1.84. The Balaban J connectivity index is 4.45. The molecule has 0 aliphatic carbocycles. The van der Waals surface area contributed by atoms with E-state index in [1.54, 1.807) is 0 Å². The molecule has 0 aliphatic heterocycles. The monoisotopic (exact) mass is 170 g/mol. The quantitative estimate of drug-likeness (QED) is 0.479. The van der Waals surface area contributed by atoms with Crippen LogP contribution < -0.4 is 0 Å². The van der Waals surface area contributed by atoms with Crippen LogP contribution in [0.1, 0.15) is 47.0 Å².